The first kappa shape index (κ1) is 21.6. The van der Waals surface area contributed by atoms with Gasteiger partial charge in [-0.1, -0.05) is 6.07 Å². The number of piperazine rings is 1. The molecule has 0 radical (unpaired) electrons. The molecule has 172 valence electrons. The van der Waals surface area contributed by atoms with E-state index in [-0.39, 0.29) is 18.1 Å². The molecule has 2 aliphatic heterocycles. The summed E-state index contributed by atoms with van der Waals surface area (Å²) in [7, 11) is 0. The molecular weight excluding hydrogens is 430 g/mol. The van der Waals surface area contributed by atoms with Gasteiger partial charge in [-0.05, 0) is 37.1 Å². The maximum absolute atomic E-state index is 12.9. The number of carbonyl (C=O) groups is 1. The average molecular weight is 454 g/mol. The summed E-state index contributed by atoms with van der Waals surface area (Å²) in [5, 5.41) is 3.66. The first-order chi connectivity index (χ1) is 15.9. The van der Waals surface area contributed by atoms with Crippen LogP contribution in [0.15, 0.2) is 36.9 Å². The lowest BCUT2D eigenvalue weighted by molar-refractivity contribution is 0.0535. The van der Waals surface area contributed by atoms with Crippen LogP contribution in [-0.2, 0) is 17.9 Å². The number of alkyl halides is 2. The van der Waals surface area contributed by atoms with Gasteiger partial charge < -0.3 is 10.1 Å². The molecule has 1 fully saturated rings. The Bertz CT molecular complexity index is 1200. The van der Waals surface area contributed by atoms with Gasteiger partial charge in [-0.15, -0.1) is 0 Å². The lowest BCUT2D eigenvalue weighted by atomic mass is 9.92. The summed E-state index contributed by atoms with van der Waals surface area (Å²) >= 11 is 0. The number of hydrogen-bond donors (Lipinski definition) is 1. The van der Waals surface area contributed by atoms with Crippen LogP contribution in [0.4, 0.5) is 8.78 Å². The highest BCUT2D eigenvalue weighted by atomic mass is 19.3. The summed E-state index contributed by atoms with van der Waals surface area (Å²) in [5.41, 5.74) is 4.70. The Kier molecular flexibility index (Phi) is 5.63. The van der Waals surface area contributed by atoms with E-state index in [1.807, 2.05) is 25.3 Å². The number of halogens is 2. The Morgan fingerprint density at radius 3 is 2.91 bits per heavy atom. The Balaban J connectivity index is 1.32. The maximum Gasteiger partial charge on any atom is 0.338 e. The highest BCUT2D eigenvalue weighted by molar-refractivity contribution is 5.94. The summed E-state index contributed by atoms with van der Waals surface area (Å²) in [5.74, 6) is -0.402. The normalized spacial score (nSPS) is 20.8. The fraction of sp³-hybridized carbons (Fsp3) is 0.391. The van der Waals surface area contributed by atoms with Gasteiger partial charge in [0.15, 0.2) is 5.82 Å². The highest BCUT2D eigenvalue weighted by Crippen LogP contribution is 2.31. The van der Waals surface area contributed by atoms with Crippen molar-refractivity contribution < 1.29 is 18.3 Å². The van der Waals surface area contributed by atoms with Crippen LogP contribution in [-0.4, -0.2) is 49.5 Å². The summed E-state index contributed by atoms with van der Waals surface area (Å²) in [6.07, 6.45) is 1.99. The molecule has 1 saturated heterocycles. The monoisotopic (exact) mass is 454 g/mol. The lowest BCUT2D eigenvalue weighted by Gasteiger charge is -2.38. The van der Waals surface area contributed by atoms with E-state index in [1.165, 1.54) is 6.20 Å². The summed E-state index contributed by atoms with van der Waals surface area (Å²) in [6, 6.07) is 5.80. The number of hydrogen-bond acceptors (Lipinski definition) is 7. The molecule has 1 N–H and O–H groups in total. The minimum absolute atomic E-state index is 0.104. The number of nitrogens with one attached hydrogen (secondary N) is 1. The Hall–Kier alpha value is -3.24. The Labute approximate surface area is 189 Å². The number of cyclic esters (lactones) is 1. The van der Waals surface area contributed by atoms with E-state index in [9.17, 15) is 13.6 Å². The lowest BCUT2D eigenvalue weighted by Crippen LogP contribution is -2.50. The predicted octanol–water partition coefficient (Wildman–Crippen LogP) is 3.11. The second kappa shape index (κ2) is 8.60. The number of imidazole rings is 1. The van der Waals surface area contributed by atoms with Gasteiger partial charge in [0.1, 0.15) is 18.8 Å². The van der Waals surface area contributed by atoms with Gasteiger partial charge in [0.25, 0.3) is 6.43 Å². The molecular formula is C23H24F2N6O2. The van der Waals surface area contributed by atoms with Crippen molar-refractivity contribution in [2.24, 2.45) is 0 Å². The van der Waals surface area contributed by atoms with Gasteiger partial charge >= 0.3 is 5.97 Å². The topological polar surface area (TPSA) is 85.2 Å². The molecule has 0 unspecified atom stereocenters. The number of carbonyl (C=O) groups excluding carboxylic acids is 1. The second-order valence-corrected chi connectivity index (χ2v) is 8.54. The molecule has 8 nitrogen and oxygen atoms in total. The number of ether oxygens (including phenoxy) is 1. The minimum atomic E-state index is -2.72. The molecule has 0 spiro atoms. The van der Waals surface area contributed by atoms with Crippen LogP contribution in [0.5, 0.6) is 0 Å². The van der Waals surface area contributed by atoms with Crippen LogP contribution in [0.1, 0.15) is 58.0 Å². The van der Waals surface area contributed by atoms with Gasteiger partial charge in [0.2, 0.25) is 0 Å². The fourth-order valence-electron chi connectivity index (χ4n) is 4.64. The van der Waals surface area contributed by atoms with Crippen LogP contribution in [0.3, 0.4) is 0 Å². The first-order valence-corrected chi connectivity index (χ1v) is 10.8. The third-order valence-electron chi connectivity index (χ3n) is 6.18. The third-order valence-corrected chi connectivity index (χ3v) is 6.18. The predicted molar refractivity (Wildman–Crippen MR) is 115 cm³/mol. The van der Waals surface area contributed by atoms with Crippen LogP contribution in [0, 0.1) is 6.92 Å². The highest BCUT2D eigenvalue weighted by Gasteiger charge is 2.30. The van der Waals surface area contributed by atoms with Crippen LogP contribution in [0.2, 0.25) is 0 Å². The third kappa shape index (κ3) is 4.23. The number of rotatable bonds is 5. The van der Waals surface area contributed by atoms with Gasteiger partial charge in [-0.2, -0.15) is 0 Å². The molecule has 5 rings (SSSR count). The van der Waals surface area contributed by atoms with Crippen molar-refractivity contribution in [1.82, 2.24) is 29.7 Å². The molecule has 2 atom stereocenters. The van der Waals surface area contributed by atoms with Crippen molar-refractivity contribution >= 4 is 5.97 Å². The molecule has 0 bridgehead atoms. The zero-order valence-electron chi connectivity index (χ0n) is 18.3. The zero-order chi connectivity index (χ0) is 23.1. The maximum atomic E-state index is 12.9. The van der Waals surface area contributed by atoms with Crippen molar-refractivity contribution in [2.45, 2.75) is 45.5 Å². The van der Waals surface area contributed by atoms with Gasteiger partial charge in [0.05, 0.1) is 11.3 Å². The standard InChI is InChI=1S/C23H24F2N6O2/c1-13-7-30(8-15-9-31(12-27-15)20-5-6-26-22(29-20)21(24)25)10-19(28-13)16-3-4-17-18(14(16)2)11-33-23(17)32/h3-6,9,12-13,19,21,28H,7-8,10-11H2,1-2H3/t13-,19-/m0/s1. The SMILES string of the molecule is Cc1c([C@@H]2CN(Cc3cn(-c4ccnc(C(F)F)n4)cn3)C[C@H](C)N2)ccc2c1COC2=O. The Morgan fingerprint density at radius 1 is 1.24 bits per heavy atom. The van der Waals surface area contributed by atoms with Crippen molar-refractivity contribution in [3.05, 3.63) is 70.7 Å². The molecule has 1 aromatic carbocycles. The molecule has 3 aromatic rings. The average Bonchev–Trinajstić information content (AvgIpc) is 3.41. The van der Waals surface area contributed by atoms with E-state index in [0.29, 0.717) is 24.5 Å². The van der Waals surface area contributed by atoms with E-state index < -0.39 is 12.2 Å². The Morgan fingerprint density at radius 2 is 2.09 bits per heavy atom. The fourth-order valence-corrected chi connectivity index (χ4v) is 4.64. The molecule has 0 aliphatic carbocycles. The van der Waals surface area contributed by atoms with Crippen LogP contribution < -0.4 is 5.32 Å². The largest absolute Gasteiger partial charge is 0.457 e. The van der Waals surface area contributed by atoms with E-state index in [4.69, 9.17) is 4.74 Å². The number of aromatic nitrogens is 4. The van der Waals surface area contributed by atoms with Crippen molar-refractivity contribution in [3.63, 3.8) is 0 Å². The van der Waals surface area contributed by atoms with Crippen LogP contribution >= 0.6 is 0 Å². The second-order valence-electron chi connectivity index (χ2n) is 8.54. The molecule has 33 heavy (non-hydrogen) atoms. The van der Waals surface area contributed by atoms with Gasteiger partial charge in [-0.25, -0.2) is 28.5 Å². The summed E-state index contributed by atoms with van der Waals surface area (Å²) in [4.78, 5) is 26.2. The molecule has 2 aromatic heterocycles. The van der Waals surface area contributed by atoms with E-state index in [0.717, 1.165) is 35.5 Å². The minimum Gasteiger partial charge on any atom is -0.457 e. The quantitative estimate of drug-likeness (QED) is 0.593. The zero-order valence-corrected chi connectivity index (χ0v) is 18.3. The van der Waals surface area contributed by atoms with E-state index >= 15 is 0 Å². The summed E-state index contributed by atoms with van der Waals surface area (Å²) in [6.45, 7) is 6.74. The number of benzene rings is 1. The molecule has 0 amide bonds. The van der Waals surface area contributed by atoms with Gasteiger partial charge in [-0.3, -0.25) is 9.47 Å². The molecule has 2 aliphatic rings. The van der Waals surface area contributed by atoms with Crippen molar-refractivity contribution in [2.75, 3.05) is 13.1 Å². The number of nitrogens with zero attached hydrogens (tertiary/aromatic N) is 5. The number of esters is 1. The smallest absolute Gasteiger partial charge is 0.338 e. The molecule has 4 heterocycles. The van der Waals surface area contributed by atoms with Crippen molar-refractivity contribution in [1.29, 1.82) is 0 Å². The number of fused-ring (bicyclic) bond motifs is 1. The van der Waals surface area contributed by atoms with Crippen molar-refractivity contribution in [3.8, 4) is 5.82 Å². The molecule has 0 saturated carbocycles. The van der Waals surface area contributed by atoms with E-state index in [1.54, 1.807) is 17.0 Å². The molecule has 10 heteroatoms. The first-order valence-electron chi connectivity index (χ1n) is 10.8. The summed E-state index contributed by atoms with van der Waals surface area (Å²) < 4.78 is 32.7. The van der Waals surface area contributed by atoms with Crippen LogP contribution in [0.25, 0.3) is 5.82 Å². The van der Waals surface area contributed by atoms with E-state index in [2.05, 4.69) is 32.1 Å². The van der Waals surface area contributed by atoms with Gasteiger partial charge in [0, 0.05) is 49.7 Å².